The number of anilines is 1. The van der Waals surface area contributed by atoms with Crippen LogP contribution in [0.3, 0.4) is 0 Å². The molecule has 29 heavy (non-hydrogen) atoms. The Morgan fingerprint density at radius 1 is 1.10 bits per heavy atom. The van der Waals surface area contributed by atoms with Crippen molar-refractivity contribution in [1.82, 2.24) is 30.2 Å². The Labute approximate surface area is 162 Å². The maximum atomic E-state index is 12.1. The molecule has 0 fully saturated rings. The molecule has 12 heteroatoms. The average molecular weight is 394 g/mol. The number of rotatable bonds is 7. The van der Waals surface area contributed by atoms with E-state index in [1.165, 1.54) is 33.8 Å². The minimum Gasteiger partial charge on any atom is -0.388 e. The zero-order valence-corrected chi connectivity index (χ0v) is 14.9. The maximum Gasteiger partial charge on any atom is 0.269 e. The molecule has 0 spiro atoms. The van der Waals surface area contributed by atoms with Gasteiger partial charge in [0.25, 0.3) is 5.69 Å². The predicted octanol–water partition coefficient (Wildman–Crippen LogP) is 1.20. The molecule has 0 aliphatic carbocycles. The van der Waals surface area contributed by atoms with Gasteiger partial charge in [-0.2, -0.15) is 0 Å². The molecule has 0 aliphatic heterocycles. The topological polar surface area (TPSA) is 143 Å². The Hall–Kier alpha value is -4.35. The first-order valence-corrected chi connectivity index (χ1v) is 8.45. The first kappa shape index (κ1) is 18.0. The summed E-state index contributed by atoms with van der Waals surface area (Å²) in [5.74, 6) is -0.349. The third-order valence-corrected chi connectivity index (χ3v) is 3.91. The second-order valence-electron chi connectivity index (χ2n) is 5.98. The van der Waals surface area contributed by atoms with E-state index in [0.29, 0.717) is 16.9 Å². The van der Waals surface area contributed by atoms with Crippen LogP contribution < -0.4 is 10.2 Å². The van der Waals surface area contributed by atoms with E-state index in [4.69, 9.17) is 4.84 Å². The van der Waals surface area contributed by atoms with E-state index >= 15 is 0 Å². The average Bonchev–Trinajstić information content (AvgIpc) is 3.33. The summed E-state index contributed by atoms with van der Waals surface area (Å²) in [7, 11) is 0. The van der Waals surface area contributed by atoms with Gasteiger partial charge in [-0.15, -0.1) is 10.2 Å². The number of nitrogens with one attached hydrogen (secondary N) is 1. The molecule has 0 aliphatic rings. The summed E-state index contributed by atoms with van der Waals surface area (Å²) in [6.07, 6.45) is 1.58. The van der Waals surface area contributed by atoms with E-state index < -0.39 is 4.92 Å². The molecule has 0 unspecified atom stereocenters. The lowest BCUT2D eigenvalue weighted by Gasteiger charge is -2.04. The van der Waals surface area contributed by atoms with Crippen molar-refractivity contribution in [3.63, 3.8) is 0 Å². The number of fused-ring (bicyclic) bond motifs is 1. The van der Waals surface area contributed by atoms with Gasteiger partial charge >= 0.3 is 0 Å². The van der Waals surface area contributed by atoms with Crippen molar-refractivity contribution in [3.8, 4) is 0 Å². The van der Waals surface area contributed by atoms with Crippen LogP contribution >= 0.6 is 0 Å². The van der Waals surface area contributed by atoms with Crippen molar-refractivity contribution in [2.24, 2.45) is 0 Å². The smallest absolute Gasteiger partial charge is 0.269 e. The van der Waals surface area contributed by atoms with Gasteiger partial charge in [0.15, 0.2) is 6.61 Å². The van der Waals surface area contributed by atoms with E-state index in [1.807, 2.05) is 24.3 Å². The van der Waals surface area contributed by atoms with E-state index in [9.17, 15) is 14.9 Å². The number of nitro benzene ring substituents is 1. The molecule has 2 aromatic carbocycles. The van der Waals surface area contributed by atoms with E-state index in [2.05, 4.69) is 25.9 Å². The summed E-state index contributed by atoms with van der Waals surface area (Å²) >= 11 is 0. The number of carbonyl (C=O) groups excluding carboxylic acids is 1. The number of amides is 1. The largest absolute Gasteiger partial charge is 0.388 e. The maximum absolute atomic E-state index is 12.1. The van der Waals surface area contributed by atoms with Crippen LogP contribution in [-0.2, 0) is 17.9 Å². The fourth-order valence-corrected chi connectivity index (χ4v) is 2.57. The minimum atomic E-state index is -0.507. The van der Waals surface area contributed by atoms with Crippen LogP contribution in [0.5, 0.6) is 0 Å². The van der Waals surface area contributed by atoms with Gasteiger partial charge in [-0.25, -0.2) is 4.68 Å². The number of hydrogen-bond acceptors (Lipinski definition) is 8. The van der Waals surface area contributed by atoms with E-state index in [-0.39, 0.29) is 24.7 Å². The van der Waals surface area contributed by atoms with Crippen LogP contribution in [0, 0.1) is 10.1 Å². The number of hydrogen-bond donors (Lipinski definition) is 1. The number of carbonyl (C=O) groups is 1. The number of benzene rings is 2. The Bertz CT molecular complexity index is 1170. The van der Waals surface area contributed by atoms with Gasteiger partial charge in [0, 0.05) is 17.8 Å². The van der Waals surface area contributed by atoms with Gasteiger partial charge in [-0.1, -0.05) is 22.2 Å². The molecule has 12 nitrogen and oxygen atoms in total. The number of nitrogens with zero attached hydrogens (tertiary/aromatic N) is 7. The van der Waals surface area contributed by atoms with Crippen LogP contribution in [0.15, 0.2) is 54.7 Å². The Morgan fingerprint density at radius 3 is 2.69 bits per heavy atom. The highest BCUT2D eigenvalue weighted by Crippen LogP contribution is 2.15. The molecule has 2 heterocycles. The number of nitro groups is 1. The van der Waals surface area contributed by atoms with Crippen molar-refractivity contribution in [2.45, 2.75) is 13.2 Å². The Kier molecular flexibility index (Phi) is 4.80. The third-order valence-electron chi connectivity index (χ3n) is 3.91. The SMILES string of the molecule is O=C(Cn1cc(COn2nnc3ccccc32)nn1)Nc1ccc([N+](=O)[O-])cc1. The summed E-state index contributed by atoms with van der Waals surface area (Å²) in [6.45, 7) is 0.0214. The molecule has 4 aromatic rings. The summed E-state index contributed by atoms with van der Waals surface area (Å²) in [4.78, 5) is 29.1. The molecule has 1 amide bonds. The number of aromatic nitrogens is 6. The van der Waals surface area contributed by atoms with Gasteiger partial charge in [0.1, 0.15) is 23.3 Å². The Balaban J connectivity index is 1.32. The molecule has 0 radical (unpaired) electrons. The van der Waals surface area contributed by atoms with E-state index in [1.54, 1.807) is 6.20 Å². The Morgan fingerprint density at radius 2 is 1.90 bits per heavy atom. The summed E-state index contributed by atoms with van der Waals surface area (Å²) < 4.78 is 1.36. The molecule has 0 saturated carbocycles. The summed E-state index contributed by atoms with van der Waals surface area (Å²) in [6, 6.07) is 12.9. The normalized spacial score (nSPS) is 10.8. The van der Waals surface area contributed by atoms with E-state index in [0.717, 1.165) is 5.52 Å². The molecule has 1 N–H and O–H groups in total. The molecule has 146 valence electrons. The van der Waals surface area contributed by atoms with Crippen molar-refractivity contribution in [3.05, 3.63) is 70.5 Å². The highest BCUT2D eigenvalue weighted by Gasteiger charge is 2.10. The zero-order valence-electron chi connectivity index (χ0n) is 14.9. The highest BCUT2D eigenvalue weighted by atomic mass is 16.7. The quantitative estimate of drug-likeness (QED) is 0.364. The fraction of sp³-hybridized carbons (Fsp3) is 0.118. The highest BCUT2D eigenvalue weighted by molar-refractivity contribution is 5.90. The lowest BCUT2D eigenvalue weighted by atomic mass is 10.3. The first-order valence-electron chi connectivity index (χ1n) is 8.45. The van der Waals surface area contributed by atoms with Crippen molar-refractivity contribution in [2.75, 3.05) is 5.32 Å². The molecular weight excluding hydrogens is 380 g/mol. The molecule has 0 saturated heterocycles. The summed E-state index contributed by atoms with van der Waals surface area (Å²) in [5.41, 5.74) is 2.33. The number of non-ortho nitro benzene ring substituents is 1. The summed E-state index contributed by atoms with van der Waals surface area (Å²) in [5, 5.41) is 29.0. The van der Waals surface area contributed by atoms with Crippen LogP contribution in [-0.4, -0.2) is 41.0 Å². The predicted molar refractivity (Wildman–Crippen MR) is 99.6 cm³/mol. The zero-order chi connectivity index (χ0) is 20.2. The second-order valence-corrected chi connectivity index (χ2v) is 5.98. The number of para-hydroxylation sites is 1. The molecule has 0 bridgehead atoms. The van der Waals surface area contributed by atoms with Crippen LogP contribution in [0.4, 0.5) is 11.4 Å². The third kappa shape index (κ3) is 4.16. The lowest BCUT2D eigenvalue weighted by Crippen LogP contribution is -2.19. The van der Waals surface area contributed by atoms with Gasteiger partial charge in [-0.05, 0) is 29.5 Å². The first-order chi connectivity index (χ1) is 14.1. The van der Waals surface area contributed by atoms with Gasteiger partial charge < -0.3 is 10.2 Å². The van der Waals surface area contributed by atoms with Crippen LogP contribution in [0.25, 0.3) is 11.0 Å². The fourth-order valence-electron chi connectivity index (χ4n) is 2.57. The molecule has 0 atom stereocenters. The monoisotopic (exact) mass is 394 g/mol. The van der Waals surface area contributed by atoms with Crippen LogP contribution in [0.2, 0.25) is 0 Å². The molecular formula is C17H14N8O4. The molecule has 2 aromatic heterocycles. The minimum absolute atomic E-state index is 0.0518. The van der Waals surface area contributed by atoms with Gasteiger partial charge in [0.05, 0.1) is 11.1 Å². The van der Waals surface area contributed by atoms with Gasteiger partial charge in [-0.3, -0.25) is 14.9 Å². The van der Waals surface area contributed by atoms with Gasteiger partial charge in [0.2, 0.25) is 5.91 Å². The van der Waals surface area contributed by atoms with Crippen molar-refractivity contribution in [1.29, 1.82) is 0 Å². The molecule has 4 rings (SSSR count). The second kappa shape index (κ2) is 7.72. The standard InChI is InChI=1S/C17H14N8O4/c26-17(18-12-5-7-14(8-6-12)25(27)28)10-23-9-13(19-21-23)11-29-24-16-4-2-1-3-15(16)20-22-24/h1-9H,10-11H2,(H,18,26). The van der Waals surface area contributed by atoms with Crippen molar-refractivity contribution < 1.29 is 14.6 Å². The lowest BCUT2D eigenvalue weighted by molar-refractivity contribution is -0.384. The van der Waals surface area contributed by atoms with Crippen molar-refractivity contribution >= 4 is 28.3 Å². The van der Waals surface area contributed by atoms with Crippen LogP contribution in [0.1, 0.15) is 5.69 Å².